The number of primary amides is 1. The van der Waals surface area contributed by atoms with E-state index in [2.05, 4.69) is 9.69 Å². The first-order valence-corrected chi connectivity index (χ1v) is 12.3. The minimum absolute atomic E-state index is 0.0293. The average molecular weight is 496 g/mol. The van der Waals surface area contributed by atoms with Gasteiger partial charge in [-0.2, -0.15) is 4.37 Å². The summed E-state index contributed by atoms with van der Waals surface area (Å²) in [6.45, 7) is 5.59. The van der Waals surface area contributed by atoms with Crippen LogP contribution in [0.3, 0.4) is 0 Å². The van der Waals surface area contributed by atoms with Gasteiger partial charge in [0.15, 0.2) is 11.7 Å². The van der Waals surface area contributed by atoms with Crippen LogP contribution < -0.4 is 21.7 Å². The summed E-state index contributed by atoms with van der Waals surface area (Å²) in [4.78, 5) is 41.0. The molecule has 9 nitrogen and oxygen atoms in total. The zero-order valence-electron chi connectivity index (χ0n) is 20.0. The van der Waals surface area contributed by atoms with Gasteiger partial charge in [-0.25, -0.2) is 0 Å². The van der Waals surface area contributed by atoms with Crippen LogP contribution in [0.1, 0.15) is 74.5 Å². The van der Waals surface area contributed by atoms with Crippen LogP contribution >= 0.6 is 11.5 Å². The van der Waals surface area contributed by atoms with E-state index in [1.807, 2.05) is 26.0 Å². The molecule has 0 bridgehead atoms. The molecule has 5 N–H and O–H groups in total. The smallest absolute Gasteiger partial charge is 0.273 e. The van der Waals surface area contributed by atoms with Crippen LogP contribution in [-0.2, 0) is 4.79 Å². The average Bonchev–Trinajstić information content (AvgIpc) is 3.55. The first-order valence-electron chi connectivity index (χ1n) is 11.5. The number of rotatable bonds is 7. The topological polar surface area (TPSA) is 145 Å². The number of nitrogens with one attached hydrogen (secondary N) is 1. The molecule has 0 spiro atoms. The second-order valence-electron chi connectivity index (χ2n) is 8.87. The maximum absolute atomic E-state index is 14.1. The Morgan fingerprint density at radius 1 is 1.14 bits per heavy atom. The fraction of sp³-hybridized carbons (Fsp3) is 0.360. The lowest BCUT2D eigenvalue weighted by Gasteiger charge is -2.32. The maximum Gasteiger partial charge on any atom is 0.273 e. The zero-order valence-corrected chi connectivity index (χ0v) is 20.8. The number of nitrogens with zero attached hydrogens (tertiary/aromatic N) is 2. The van der Waals surface area contributed by atoms with Crippen molar-refractivity contribution in [3.05, 3.63) is 63.6 Å². The van der Waals surface area contributed by atoms with E-state index in [0.717, 1.165) is 48.3 Å². The quantitative estimate of drug-likeness (QED) is 0.455. The number of anilines is 2. The summed E-state index contributed by atoms with van der Waals surface area (Å²) in [5.41, 5.74) is 13.5. The van der Waals surface area contributed by atoms with Gasteiger partial charge < -0.3 is 21.2 Å². The Morgan fingerprint density at radius 3 is 2.46 bits per heavy atom. The first kappa shape index (κ1) is 24.5. The Hall–Kier alpha value is -3.66. The third-order valence-corrected chi connectivity index (χ3v) is 7.30. The number of benzene rings is 1. The largest absolute Gasteiger partial charge is 0.464 e. The maximum atomic E-state index is 14.1. The number of aromatic nitrogens is 1. The van der Waals surface area contributed by atoms with Gasteiger partial charge in [-0.15, -0.1) is 0 Å². The standard InChI is InChI=1S/C25H29N5O4S/c1-13-7-6-10-17(15(13)3)30(25(33)22-19(26)20(23(27)31)29-35-22)21(18-12-11-14(2)34-18)24(32)28-16-8-4-5-9-16/h6-7,10-12,16,21H,4-5,8-9,26H2,1-3H3,(H2,27,31)(H,28,32). The molecule has 0 aliphatic heterocycles. The summed E-state index contributed by atoms with van der Waals surface area (Å²) in [5, 5.41) is 3.10. The third kappa shape index (κ3) is 4.79. The number of furan rings is 1. The molecule has 4 rings (SSSR count). The van der Waals surface area contributed by atoms with Crippen molar-refractivity contribution in [3.63, 3.8) is 0 Å². The van der Waals surface area contributed by atoms with E-state index in [1.165, 1.54) is 4.90 Å². The molecule has 1 unspecified atom stereocenters. The lowest BCUT2D eigenvalue weighted by atomic mass is 10.0. The predicted molar refractivity (Wildman–Crippen MR) is 134 cm³/mol. The van der Waals surface area contributed by atoms with Gasteiger partial charge in [0.2, 0.25) is 0 Å². The van der Waals surface area contributed by atoms with E-state index in [0.29, 0.717) is 17.2 Å². The van der Waals surface area contributed by atoms with E-state index < -0.39 is 17.9 Å². The molecule has 1 fully saturated rings. The Balaban J connectivity index is 1.88. The number of carbonyl (C=O) groups is 3. The van der Waals surface area contributed by atoms with Gasteiger partial charge >= 0.3 is 0 Å². The van der Waals surface area contributed by atoms with Crippen LogP contribution in [0.4, 0.5) is 11.4 Å². The number of hydrogen-bond donors (Lipinski definition) is 3. The Labute approximate surface area is 207 Å². The molecule has 1 aliphatic rings. The van der Waals surface area contributed by atoms with Crippen molar-refractivity contribution < 1.29 is 18.8 Å². The van der Waals surface area contributed by atoms with Crippen molar-refractivity contribution in [1.82, 2.24) is 9.69 Å². The fourth-order valence-corrected chi connectivity index (χ4v) is 5.17. The van der Waals surface area contributed by atoms with Crippen molar-refractivity contribution in [3.8, 4) is 0 Å². The lowest BCUT2D eigenvalue weighted by Crippen LogP contribution is -2.46. The van der Waals surface area contributed by atoms with E-state index >= 15 is 0 Å². The van der Waals surface area contributed by atoms with Gasteiger partial charge in [0, 0.05) is 11.7 Å². The molecule has 2 aromatic heterocycles. The van der Waals surface area contributed by atoms with Gasteiger partial charge in [-0.1, -0.05) is 25.0 Å². The van der Waals surface area contributed by atoms with Crippen molar-refractivity contribution in [2.75, 3.05) is 10.6 Å². The molecule has 184 valence electrons. The SMILES string of the molecule is Cc1ccc(C(C(=O)NC2CCCC2)N(C(=O)c2snc(C(N)=O)c2N)c2cccc(C)c2C)o1. The van der Waals surface area contributed by atoms with Gasteiger partial charge in [-0.05, 0) is 74.5 Å². The summed E-state index contributed by atoms with van der Waals surface area (Å²) >= 11 is 0.779. The Kier molecular flexibility index (Phi) is 6.93. The van der Waals surface area contributed by atoms with Crippen molar-refractivity contribution in [2.24, 2.45) is 5.73 Å². The number of nitrogen functional groups attached to an aromatic ring is 1. The van der Waals surface area contributed by atoms with Gasteiger partial charge in [-0.3, -0.25) is 19.3 Å². The Bertz CT molecular complexity index is 1270. The second kappa shape index (κ2) is 9.91. The normalized spacial score (nSPS) is 14.6. The van der Waals surface area contributed by atoms with Crippen LogP contribution in [0.5, 0.6) is 0 Å². The fourth-order valence-electron chi connectivity index (χ4n) is 4.43. The highest BCUT2D eigenvalue weighted by molar-refractivity contribution is 7.09. The summed E-state index contributed by atoms with van der Waals surface area (Å²) in [7, 11) is 0. The van der Waals surface area contributed by atoms with Crippen molar-refractivity contribution >= 4 is 40.6 Å². The van der Waals surface area contributed by atoms with E-state index in [9.17, 15) is 14.4 Å². The van der Waals surface area contributed by atoms with Crippen LogP contribution in [-0.4, -0.2) is 28.1 Å². The monoisotopic (exact) mass is 495 g/mol. The molecule has 10 heteroatoms. The summed E-state index contributed by atoms with van der Waals surface area (Å²) in [5.74, 6) is -0.806. The Morgan fingerprint density at radius 2 is 1.86 bits per heavy atom. The highest BCUT2D eigenvalue weighted by Gasteiger charge is 2.39. The van der Waals surface area contributed by atoms with Crippen molar-refractivity contribution in [1.29, 1.82) is 0 Å². The first-order chi connectivity index (χ1) is 16.7. The van der Waals surface area contributed by atoms with Gasteiger partial charge in [0.05, 0.1) is 5.69 Å². The molecule has 0 saturated heterocycles. The predicted octanol–water partition coefficient (Wildman–Crippen LogP) is 3.79. The minimum atomic E-state index is -1.10. The number of carbonyl (C=O) groups excluding carboxylic acids is 3. The molecule has 1 atom stereocenters. The van der Waals surface area contributed by atoms with Crippen LogP contribution in [0.2, 0.25) is 0 Å². The highest BCUT2D eigenvalue weighted by Crippen LogP contribution is 2.36. The van der Waals surface area contributed by atoms with Gasteiger partial charge in [0.1, 0.15) is 16.4 Å². The van der Waals surface area contributed by atoms with Crippen LogP contribution in [0.25, 0.3) is 0 Å². The summed E-state index contributed by atoms with van der Waals surface area (Å²) < 4.78 is 9.88. The molecular weight excluding hydrogens is 466 g/mol. The molecule has 1 saturated carbocycles. The highest BCUT2D eigenvalue weighted by atomic mass is 32.1. The molecule has 2 heterocycles. The number of hydrogen-bond acceptors (Lipinski definition) is 7. The molecule has 35 heavy (non-hydrogen) atoms. The van der Waals surface area contributed by atoms with Crippen LogP contribution in [0, 0.1) is 20.8 Å². The number of nitrogens with two attached hydrogens (primary N) is 2. The molecular formula is C25H29N5O4S. The van der Waals surface area contributed by atoms with Gasteiger partial charge in [0.25, 0.3) is 17.7 Å². The molecule has 3 amide bonds. The third-order valence-electron chi connectivity index (χ3n) is 6.45. The van der Waals surface area contributed by atoms with Crippen molar-refractivity contribution in [2.45, 2.75) is 58.5 Å². The number of amides is 3. The molecule has 1 aliphatic carbocycles. The van der Waals surface area contributed by atoms with E-state index in [1.54, 1.807) is 25.1 Å². The summed E-state index contributed by atoms with van der Waals surface area (Å²) in [6, 6.07) is 7.91. The van der Waals surface area contributed by atoms with E-state index in [4.69, 9.17) is 15.9 Å². The molecule has 3 aromatic rings. The lowest BCUT2D eigenvalue weighted by molar-refractivity contribution is -0.123. The molecule has 1 aromatic carbocycles. The molecule has 0 radical (unpaired) electrons. The summed E-state index contributed by atoms with van der Waals surface area (Å²) in [6.07, 6.45) is 3.86. The minimum Gasteiger partial charge on any atom is -0.464 e. The van der Waals surface area contributed by atoms with Crippen LogP contribution in [0.15, 0.2) is 34.7 Å². The number of aryl methyl sites for hydroxylation is 2. The van der Waals surface area contributed by atoms with E-state index in [-0.39, 0.29) is 28.2 Å². The second-order valence-corrected chi connectivity index (χ2v) is 9.65. The zero-order chi connectivity index (χ0) is 25.3.